The van der Waals surface area contributed by atoms with E-state index in [1.807, 2.05) is 6.07 Å². The van der Waals surface area contributed by atoms with E-state index in [0.29, 0.717) is 28.7 Å². The van der Waals surface area contributed by atoms with Crippen molar-refractivity contribution in [3.05, 3.63) is 59.1 Å². The molecule has 1 heterocycles. The van der Waals surface area contributed by atoms with E-state index in [1.165, 1.54) is 6.08 Å². The topological polar surface area (TPSA) is 72.8 Å². The molecular formula is C19H17ClO5S. The van der Waals surface area contributed by atoms with E-state index >= 15 is 0 Å². The summed E-state index contributed by atoms with van der Waals surface area (Å²) in [5, 5.41) is 0.504. The van der Waals surface area contributed by atoms with Crippen molar-refractivity contribution in [2.75, 3.05) is 6.61 Å². The number of benzene rings is 2. The lowest BCUT2D eigenvalue weighted by Gasteiger charge is -2.09. The highest BCUT2D eigenvalue weighted by Gasteiger charge is 2.26. The van der Waals surface area contributed by atoms with E-state index in [4.69, 9.17) is 25.6 Å². The molecular weight excluding hydrogens is 376 g/mol. The first kappa shape index (κ1) is 18.6. The highest BCUT2D eigenvalue weighted by atomic mass is 35.5. The monoisotopic (exact) mass is 392 g/mol. The number of rotatable bonds is 5. The van der Waals surface area contributed by atoms with Gasteiger partial charge in [0.1, 0.15) is 11.9 Å². The Bertz CT molecular complexity index is 876. The fourth-order valence-electron chi connectivity index (χ4n) is 2.83. The van der Waals surface area contributed by atoms with Gasteiger partial charge in [0, 0.05) is 18.1 Å². The normalized spacial score (nSPS) is 17.0. The van der Waals surface area contributed by atoms with Gasteiger partial charge in [-0.25, -0.2) is 9.00 Å². The minimum Gasteiger partial charge on any atom is -0.484 e. The second-order valence-corrected chi connectivity index (χ2v) is 7.02. The molecule has 136 valence electrons. The molecule has 0 saturated heterocycles. The Kier molecular flexibility index (Phi) is 5.76. The summed E-state index contributed by atoms with van der Waals surface area (Å²) >= 11 is 4.25. The van der Waals surface area contributed by atoms with Crippen molar-refractivity contribution < 1.29 is 23.0 Å². The van der Waals surface area contributed by atoms with Gasteiger partial charge in [0.15, 0.2) is 11.1 Å². The van der Waals surface area contributed by atoms with Crippen LogP contribution in [0, 0.1) is 0 Å². The van der Waals surface area contributed by atoms with Crippen LogP contribution in [0.2, 0.25) is 5.02 Å². The van der Waals surface area contributed by atoms with Crippen molar-refractivity contribution in [1.82, 2.24) is 0 Å². The molecule has 0 fully saturated rings. The second kappa shape index (κ2) is 8.03. The molecule has 0 amide bonds. The molecule has 5 nitrogen and oxygen atoms in total. The third kappa shape index (κ3) is 3.98. The quantitative estimate of drug-likeness (QED) is 0.473. The number of hydrogen-bond acceptors (Lipinski definition) is 4. The molecule has 3 rings (SSSR count). The molecule has 0 bridgehead atoms. The first-order valence-electron chi connectivity index (χ1n) is 8.04. The molecule has 0 saturated carbocycles. The standard InChI is InChI=1S/C19H17ClO5S/c1-2-24-18(21)10-5-13-11-16-15(8-9-17(20)19(16)25-13)12-3-6-14(7-4-12)26(22)23/h3-10,13H,2,11H2,1H3,(H,22,23). The maximum atomic E-state index is 11.5. The summed E-state index contributed by atoms with van der Waals surface area (Å²) < 4.78 is 31.0. The van der Waals surface area contributed by atoms with E-state index in [9.17, 15) is 9.00 Å². The van der Waals surface area contributed by atoms with Crippen LogP contribution in [0.25, 0.3) is 11.1 Å². The minimum absolute atomic E-state index is 0.308. The SMILES string of the molecule is CCOC(=O)C=CC1Cc2c(-c3ccc(S(=O)O)cc3)ccc(Cl)c2O1. The third-order valence-electron chi connectivity index (χ3n) is 3.99. The Labute approximate surface area is 158 Å². The molecule has 2 aromatic carbocycles. The van der Waals surface area contributed by atoms with E-state index in [2.05, 4.69) is 0 Å². The smallest absolute Gasteiger partial charge is 0.330 e. The Morgan fingerprint density at radius 2 is 2.08 bits per heavy atom. The van der Waals surface area contributed by atoms with Crippen LogP contribution in [0.5, 0.6) is 5.75 Å². The molecule has 26 heavy (non-hydrogen) atoms. The van der Waals surface area contributed by atoms with Crippen molar-refractivity contribution >= 4 is 28.7 Å². The maximum absolute atomic E-state index is 11.5. The lowest BCUT2D eigenvalue weighted by atomic mass is 9.96. The fraction of sp³-hybridized carbons (Fsp3) is 0.211. The number of carbonyl (C=O) groups is 1. The van der Waals surface area contributed by atoms with Gasteiger partial charge in [0.2, 0.25) is 0 Å². The summed E-state index contributed by atoms with van der Waals surface area (Å²) in [4.78, 5) is 11.8. The second-order valence-electron chi connectivity index (χ2n) is 5.65. The lowest BCUT2D eigenvalue weighted by molar-refractivity contribution is -0.137. The molecule has 0 spiro atoms. The summed E-state index contributed by atoms with van der Waals surface area (Å²) in [6.45, 7) is 2.07. The number of esters is 1. The molecule has 7 heteroatoms. The van der Waals surface area contributed by atoms with Gasteiger partial charge >= 0.3 is 5.97 Å². The van der Waals surface area contributed by atoms with Crippen LogP contribution >= 0.6 is 11.6 Å². The first-order chi connectivity index (χ1) is 12.5. The van der Waals surface area contributed by atoms with Crippen LogP contribution in [-0.4, -0.2) is 27.4 Å². The molecule has 1 aliphatic rings. The van der Waals surface area contributed by atoms with Gasteiger partial charge in [-0.2, -0.15) is 0 Å². The summed E-state index contributed by atoms with van der Waals surface area (Å²) in [5.74, 6) is 0.184. The number of hydrogen-bond donors (Lipinski definition) is 1. The number of carbonyl (C=O) groups excluding carboxylic acids is 1. The van der Waals surface area contributed by atoms with E-state index < -0.39 is 17.0 Å². The van der Waals surface area contributed by atoms with Crippen LogP contribution in [0.15, 0.2) is 53.4 Å². The third-order valence-corrected chi connectivity index (χ3v) is 4.96. The van der Waals surface area contributed by atoms with Crippen molar-refractivity contribution in [2.45, 2.75) is 24.3 Å². The van der Waals surface area contributed by atoms with Crippen molar-refractivity contribution in [3.8, 4) is 16.9 Å². The number of ether oxygens (including phenoxy) is 2. The van der Waals surface area contributed by atoms with Gasteiger partial charge in [-0.1, -0.05) is 29.8 Å². The van der Waals surface area contributed by atoms with E-state index in [-0.39, 0.29) is 6.10 Å². The molecule has 1 N–H and O–H groups in total. The van der Waals surface area contributed by atoms with Crippen LogP contribution in [-0.2, 0) is 27.0 Å². The Morgan fingerprint density at radius 3 is 2.73 bits per heavy atom. The Balaban J connectivity index is 1.88. The zero-order chi connectivity index (χ0) is 18.7. The lowest BCUT2D eigenvalue weighted by Crippen LogP contribution is -2.10. The summed E-state index contributed by atoms with van der Waals surface area (Å²) in [6, 6.07) is 10.4. The van der Waals surface area contributed by atoms with Gasteiger partial charge in [-0.3, -0.25) is 0 Å². The van der Waals surface area contributed by atoms with Gasteiger partial charge < -0.3 is 14.0 Å². The van der Waals surface area contributed by atoms with Crippen molar-refractivity contribution in [2.24, 2.45) is 0 Å². The highest BCUT2D eigenvalue weighted by molar-refractivity contribution is 7.79. The maximum Gasteiger partial charge on any atom is 0.330 e. The number of halogens is 1. The highest BCUT2D eigenvalue weighted by Crippen LogP contribution is 2.42. The fourth-order valence-corrected chi connectivity index (χ4v) is 3.42. The number of fused-ring (bicyclic) bond motifs is 1. The molecule has 1 aliphatic heterocycles. The molecule has 0 aliphatic carbocycles. The van der Waals surface area contributed by atoms with Gasteiger partial charge in [-0.05, 0) is 42.3 Å². The van der Waals surface area contributed by atoms with Crippen molar-refractivity contribution in [3.63, 3.8) is 0 Å². The molecule has 2 unspecified atom stereocenters. The van der Waals surface area contributed by atoms with Gasteiger partial charge in [-0.15, -0.1) is 0 Å². The van der Waals surface area contributed by atoms with Crippen LogP contribution < -0.4 is 4.74 Å². The Morgan fingerprint density at radius 1 is 1.35 bits per heavy atom. The van der Waals surface area contributed by atoms with Crippen LogP contribution in [0.1, 0.15) is 12.5 Å². The van der Waals surface area contributed by atoms with E-state index in [0.717, 1.165) is 16.7 Å². The molecule has 0 aromatic heterocycles. The molecule has 2 aromatic rings. The summed E-state index contributed by atoms with van der Waals surface area (Å²) in [5.41, 5.74) is 2.77. The van der Waals surface area contributed by atoms with Crippen LogP contribution in [0.3, 0.4) is 0 Å². The average molecular weight is 393 g/mol. The van der Waals surface area contributed by atoms with Crippen molar-refractivity contribution in [1.29, 1.82) is 0 Å². The first-order valence-corrected chi connectivity index (χ1v) is 9.52. The Hall–Kier alpha value is -2.15. The average Bonchev–Trinajstić information content (AvgIpc) is 3.06. The molecule has 2 atom stereocenters. The van der Waals surface area contributed by atoms with Gasteiger partial charge in [0.05, 0.1) is 16.5 Å². The van der Waals surface area contributed by atoms with E-state index in [1.54, 1.807) is 43.3 Å². The van der Waals surface area contributed by atoms with Gasteiger partial charge in [0.25, 0.3) is 0 Å². The predicted octanol–water partition coefficient (Wildman–Crippen LogP) is 4.01. The zero-order valence-electron chi connectivity index (χ0n) is 14.0. The zero-order valence-corrected chi connectivity index (χ0v) is 15.5. The largest absolute Gasteiger partial charge is 0.484 e. The minimum atomic E-state index is -2.01. The molecule has 0 radical (unpaired) electrons. The summed E-state index contributed by atoms with van der Waals surface area (Å²) in [6.07, 6.45) is 3.28. The summed E-state index contributed by atoms with van der Waals surface area (Å²) in [7, 11) is 0. The van der Waals surface area contributed by atoms with Crippen LogP contribution in [0.4, 0.5) is 0 Å². The predicted molar refractivity (Wildman–Crippen MR) is 99.8 cm³/mol.